The number of nitrogens with zero attached hydrogens (tertiary/aromatic N) is 2. The van der Waals surface area contributed by atoms with Crippen molar-refractivity contribution in [3.05, 3.63) is 29.5 Å². The topological polar surface area (TPSA) is 75.0 Å². The van der Waals surface area contributed by atoms with Crippen LogP contribution in [0.3, 0.4) is 0 Å². The molecule has 3 rings (SSSR count). The zero-order valence-electron chi connectivity index (χ0n) is 12.6. The fraction of sp³-hybridized carbons (Fsp3) is 0.500. The molecule has 1 fully saturated rings. The number of nitrogens with two attached hydrogens (primary N) is 1. The maximum Gasteiger partial charge on any atom is 0.275 e. The highest BCUT2D eigenvalue weighted by Crippen LogP contribution is 2.26. The molecule has 2 heterocycles. The summed E-state index contributed by atoms with van der Waals surface area (Å²) < 4.78 is 0. The maximum absolute atomic E-state index is 12.9. The molecular formula is C16H22N4O. The Bertz CT molecular complexity index is 663. The van der Waals surface area contributed by atoms with E-state index in [0.29, 0.717) is 18.2 Å². The van der Waals surface area contributed by atoms with Crippen LogP contribution in [0, 0.1) is 12.8 Å². The number of aromatic nitrogens is 2. The average molecular weight is 286 g/mol. The van der Waals surface area contributed by atoms with Crippen molar-refractivity contribution < 1.29 is 4.79 Å². The van der Waals surface area contributed by atoms with Gasteiger partial charge in [0.05, 0.1) is 5.52 Å². The van der Waals surface area contributed by atoms with E-state index in [1.807, 2.05) is 30.0 Å². The number of hydrogen-bond acceptors (Lipinski definition) is 3. The van der Waals surface area contributed by atoms with Crippen molar-refractivity contribution in [1.82, 2.24) is 15.1 Å². The molecule has 2 aromatic rings. The number of aryl methyl sites for hydroxylation is 1. The quantitative estimate of drug-likeness (QED) is 0.887. The lowest BCUT2D eigenvalue weighted by molar-refractivity contribution is 0.0528. The van der Waals surface area contributed by atoms with Gasteiger partial charge in [0.2, 0.25) is 0 Å². The molecule has 0 bridgehead atoms. The van der Waals surface area contributed by atoms with E-state index in [2.05, 4.69) is 17.1 Å². The summed E-state index contributed by atoms with van der Waals surface area (Å²) in [6.07, 6.45) is 2.16. The molecule has 2 atom stereocenters. The molecule has 1 saturated heterocycles. The molecule has 3 N–H and O–H groups in total. The minimum absolute atomic E-state index is 0.00569. The molecule has 1 aromatic carbocycles. The second-order valence-corrected chi connectivity index (χ2v) is 6.04. The molecule has 0 saturated carbocycles. The van der Waals surface area contributed by atoms with Crippen molar-refractivity contribution in [2.75, 3.05) is 13.1 Å². The molecule has 0 aliphatic carbocycles. The van der Waals surface area contributed by atoms with Gasteiger partial charge in [-0.3, -0.25) is 9.89 Å². The van der Waals surface area contributed by atoms with E-state index in [-0.39, 0.29) is 11.9 Å². The number of benzene rings is 1. The number of rotatable bonds is 2. The Kier molecular flexibility index (Phi) is 3.68. The summed E-state index contributed by atoms with van der Waals surface area (Å²) in [5.74, 6) is 0.438. The third kappa shape index (κ3) is 2.42. The van der Waals surface area contributed by atoms with Crippen LogP contribution < -0.4 is 5.73 Å². The SMILES string of the molecule is Cc1ccc2[nH]nc(C(=O)N3CCC[C@@H](C)[C@@H]3CN)c2c1. The third-order valence-electron chi connectivity index (χ3n) is 4.54. The van der Waals surface area contributed by atoms with Crippen LogP contribution in [0.25, 0.3) is 10.9 Å². The molecule has 1 amide bonds. The largest absolute Gasteiger partial charge is 0.333 e. The van der Waals surface area contributed by atoms with Crippen LogP contribution in [0.5, 0.6) is 0 Å². The molecule has 5 heteroatoms. The van der Waals surface area contributed by atoms with Gasteiger partial charge >= 0.3 is 0 Å². The highest BCUT2D eigenvalue weighted by molar-refractivity contribution is 6.05. The van der Waals surface area contributed by atoms with Gasteiger partial charge in [0.15, 0.2) is 5.69 Å². The van der Waals surface area contributed by atoms with Gasteiger partial charge in [-0.1, -0.05) is 18.6 Å². The third-order valence-corrected chi connectivity index (χ3v) is 4.54. The summed E-state index contributed by atoms with van der Waals surface area (Å²) in [6, 6.07) is 6.10. The first-order valence-electron chi connectivity index (χ1n) is 7.57. The summed E-state index contributed by atoms with van der Waals surface area (Å²) in [5, 5.41) is 8.10. The summed E-state index contributed by atoms with van der Waals surface area (Å²) in [4.78, 5) is 14.8. The smallest absolute Gasteiger partial charge is 0.275 e. The zero-order chi connectivity index (χ0) is 15.0. The minimum atomic E-state index is -0.00569. The van der Waals surface area contributed by atoms with Crippen molar-refractivity contribution in [2.45, 2.75) is 32.7 Å². The van der Waals surface area contributed by atoms with E-state index in [0.717, 1.165) is 35.9 Å². The lowest BCUT2D eigenvalue weighted by Crippen LogP contribution is -2.51. The number of hydrogen-bond donors (Lipinski definition) is 2. The lowest BCUT2D eigenvalue weighted by Gasteiger charge is -2.39. The first kappa shape index (κ1) is 14.1. The fourth-order valence-electron chi connectivity index (χ4n) is 3.29. The number of fused-ring (bicyclic) bond motifs is 1. The zero-order valence-corrected chi connectivity index (χ0v) is 12.6. The van der Waals surface area contributed by atoms with E-state index >= 15 is 0 Å². The van der Waals surface area contributed by atoms with Gasteiger partial charge in [0, 0.05) is 24.5 Å². The highest BCUT2D eigenvalue weighted by atomic mass is 16.2. The number of aromatic amines is 1. The van der Waals surface area contributed by atoms with E-state index in [1.54, 1.807) is 0 Å². The van der Waals surface area contributed by atoms with Gasteiger partial charge in [-0.2, -0.15) is 5.10 Å². The number of carbonyl (C=O) groups is 1. The van der Waals surface area contributed by atoms with Crippen LogP contribution in [0.2, 0.25) is 0 Å². The van der Waals surface area contributed by atoms with Crippen molar-refractivity contribution in [2.24, 2.45) is 11.7 Å². The van der Waals surface area contributed by atoms with Crippen LogP contribution in [0.4, 0.5) is 0 Å². The Morgan fingerprint density at radius 3 is 3.10 bits per heavy atom. The molecular weight excluding hydrogens is 264 g/mol. The summed E-state index contributed by atoms with van der Waals surface area (Å²) >= 11 is 0. The fourth-order valence-corrected chi connectivity index (χ4v) is 3.29. The number of carbonyl (C=O) groups excluding carboxylic acids is 1. The number of likely N-dealkylation sites (tertiary alicyclic amines) is 1. The van der Waals surface area contributed by atoms with E-state index in [9.17, 15) is 4.79 Å². The van der Waals surface area contributed by atoms with Crippen LogP contribution >= 0.6 is 0 Å². The molecule has 1 aliphatic heterocycles. The van der Waals surface area contributed by atoms with Gasteiger partial charge < -0.3 is 10.6 Å². The Labute approximate surface area is 124 Å². The molecule has 0 spiro atoms. The van der Waals surface area contributed by atoms with Gasteiger partial charge in [0.25, 0.3) is 5.91 Å². The van der Waals surface area contributed by atoms with E-state index in [4.69, 9.17) is 5.73 Å². The lowest BCUT2D eigenvalue weighted by atomic mass is 9.90. The molecule has 21 heavy (non-hydrogen) atoms. The minimum Gasteiger partial charge on any atom is -0.333 e. The molecule has 0 unspecified atom stereocenters. The van der Waals surface area contributed by atoms with Crippen LogP contribution in [0.15, 0.2) is 18.2 Å². The Morgan fingerprint density at radius 2 is 2.33 bits per heavy atom. The predicted octanol–water partition coefficient (Wildman–Crippen LogP) is 2.07. The molecule has 0 radical (unpaired) electrons. The summed E-state index contributed by atoms with van der Waals surface area (Å²) in [6.45, 7) is 5.47. The van der Waals surface area contributed by atoms with Crippen LogP contribution in [0.1, 0.15) is 35.8 Å². The maximum atomic E-state index is 12.9. The average Bonchev–Trinajstić information content (AvgIpc) is 2.89. The van der Waals surface area contributed by atoms with Crippen LogP contribution in [-0.2, 0) is 0 Å². The Hall–Kier alpha value is -1.88. The second-order valence-electron chi connectivity index (χ2n) is 6.04. The summed E-state index contributed by atoms with van der Waals surface area (Å²) in [5.41, 5.74) is 8.43. The van der Waals surface area contributed by atoms with Gasteiger partial charge in [-0.05, 0) is 37.8 Å². The Morgan fingerprint density at radius 1 is 1.52 bits per heavy atom. The number of amides is 1. The van der Waals surface area contributed by atoms with Gasteiger partial charge in [-0.15, -0.1) is 0 Å². The van der Waals surface area contributed by atoms with Gasteiger partial charge in [-0.25, -0.2) is 0 Å². The van der Waals surface area contributed by atoms with E-state index in [1.165, 1.54) is 0 Å². The van der Waals surface area contributed by atoms with Crippen molar-refractivity contribution in [3.8, 4) is 0 Å². The Balaban J connectivity index is 1.97. The predicted molar refractivity (Wildman–Crippen MR) is 83.1 cm³/mol. The number of H-pyrrole nitrogens is 1. The normalized spacial score (nSPS) is 22.7. The number of piperidine rings is 1. The van der Waals surface area contributed by atoms with Gasteiger partial charge in [0.1, 0.15) is 0 Å². The van der Waals surface area contributed by atoms with Crippen molar-refractivity contribution >= 4 is 16.8 Å². The first-order valence-corrected chi connectivity index (χ1v) is 7.57. The summed E-state index contributed by atoms with van der Waals surface area (Å²) in [7, 11) is 0. The second kappa shape index (κ2) is 5.48. The molecule has 112 valence electrons. The number of nitrogens with one attached hydrogen (secondary N) is 1. The highest BCUT2D eigenvalue weighted by Gasteiger charge is 2.32. The standard InChI is InChI=1S/C16H22N4O/c1-10-5-6-13-12(8-10)15(19-18-13)16(21)20-7-3-4-11(2)14(20)9-17/h5-6,8,11,14H,3-4,7,9,17H2,1-2H3,(H,18,19)/t11-,14+/m1/s1. The molecule has 1 aromatic heterocycles. The van der Waals surface area contributed by atoms with Crippen molar-refractivity contribution in [3.63, 3.8) is 0 Å². The van der Waals surface area contributed by atoms with E-state index < -0.39 is 0 Å². The first-order chi connectivity index (χ1) is 10.1. The van der Waals surface area contributed by atoms with Crippen LogP contribution in [-0.4, -0.2) is 40.1 Å². The molecule has 5 nitrogen and oxygen atoms in total. The monoisotopic (exact) mass is 286 g/mol. The van der Waals surface area contributed by atoms with Crippen molar-refractivity contribution in [1.29, 1.82) is 0 Å². The molecule has 1 aliphatic rings.